The highest BCUT2D eigenvalue weighted by Gasteiger charge is 2.53. The molecular formula is C25H35N3O5. The number of carbonyl (C=O) groups excluding carboxylic acids is 3. The largest absolute Gasteiger partial charge is 0.493 e. The van der Waals surface area contributed by atoms with Gasteiger partial charge in [-0.3, -0.25) is 14.5 Å². The minimum atomic E-state index is -0.850. The molecule has 33 heavy (non-hydrogen) atoms. The highest BCUT2D eigenvalue weighted by molar-refractivity contribution is 6.09. The molecule has 8 heteroatoms. The predicted molar refractivity (Wildman–Crippen MR) is 123 cm³/mol. The molecule has 1 aromatic carbocycles. The molecule has 0 atom stereocenters. The lowest BCUT2D eigenvalue weighted by Crippen LogP contribution is -2.51. The molecule has 4 rings (SSSR count). The normalized spacial score (nSPS) is 25.2. The Morgan fingerprint density at radius 1 is 1.09 bits per heavy atom. The Hall–Kier alpha value is -2.77. The number of hydrogen-bond donors (Lipinski definition) is 1. The molecule has 180 valence electrons. The van der Waals surface area contributed by atoms with Gasteiger partial charge in [0, 0.05) is 13.1 Å². The van der Waals surface area contributed by atoms with Gasteiger partial charge in [0.15, 0.2) is 11.5 Å². The summed E-state index contributed by atoms with van der Waals surface area (Å²) < 4.78 is 10.8. The van der Waals surface area contributed by atoms with Gasteiger partial charge in [-0.2, -0.15) is 0 Å². The Balaban J connectivity index is 1.42. The van der Waals surface area contributed by atoms with Gasteiger partial charge in [-0.15, -0.1) is 0 Å². The first kappa shape index (κ1) is 23.4. The van der Waals surface area contributed by atoms with Crippen molar-refractivity contribution in [2.75, 3.05) is 27.3 Å². The molecule has 1 spiro atoms. The average Bonchev–Trinajstić information content (AvgIpc) is 3.01. The molecule has 1 saturated heterocycles. The van der Waals surface area contributed by atoms with Crippen LogP contribution < -0.4 is 14.8 Å². The number of amides is 4. The number of fused-ring (bicyclic) bond motifs is 1. The monoisotopic (exact) mass is 457 g/mol. The predicted octanol–water partition coefficient (Wildman–Crippen LogP) is 3.12. The van der Waals surface area contributed by atoms with E-state index in [4.69, 9.17) is 9.47 Å². The highest BCUT2D eigenvalue weighted by Crippen LogP contribution is 2.43. The fraction of sp³-hybridized carbons (Fsp3) is 0.640. The first-order chi connectivity index (χ1) is 15.6. The zero-order valence-corrected chi connectivity index (χ0v) is 20.3. The summed E-state index contributed by atoms with van der Waals surface area (Å²) in [7, 11) is 3.18. The Morgan fingerprint density at radius 2 is 1.70 bits per heavy atom. The van der Waals surface area contributed by atoms with Crippen LogP contribution >= 0.6 is 0 Å². The number of benzene rings is 1. The smallest absolute Gasteiger partial charge is 0.325 e. The van der Waals surface area contributed by atoms with Gasteiger partial charge in [-0.1, -0.05) is 20.8 Å². The molecule has 1 N–H and O–H groups in total. The molecule has 3 aliphatic rings. The van der Waals surface area contributed by atoms with Crippen LogP contribution in [0.3, 0.4) is 0 Å². The van der Waals surface area contributed by atoms with E-state index in [1.807, 2.05) is 12.1 Å². The van der Waals surface area contributed by atoms with Crippen molar-refractivity contribution in [2.24, 2.45) is 11.3 Å². The van der Waals surface area contributed by atoms with Crippen molar-refractivity contribution >= 4 is 17.8 Å². The average molecular weight is 458 g/mol. The lowest BCUT2D eigenvalue weighted by molar-refractivity contribution is -0.140. The van der Waals surface area contributed by atoms with Crippen molar-refractivity contribution in [3.05, 3.63) is 23.3 Å². The molecule has 2 heterocycles. The third-order valence-electron chi connectivity index (χ3n) is 7.67. The van der Waals surface area contributed by atoms with Gasteiger partial charge in [-0.25, -0.2) is 4.79 Å². The lowest BCUT2D eigenvalue weighted by atomic mass is 9.67. The van der Waals surface area contributed by atoms with E-state index in [-0.39, 0.29) is 23.8 Å². The summed E-state index contributed by atoms with van der Waals surface area (Å²) in [5.41, 5.74) is 1.43. The minimum absolute atomic E-state index is 0.181. The van der Waals surface area contributed by atoms with Crippen LogP contribution in [0, 0.1) is 11.3 Å². The Morgan fingerprint density at radius 3 is 2.27 bits per heavy atom. The van der Waals surface area contributed by atoms with Crippen LogP contribution in [0.1, 0.15) is 57.6 Å². The molecule has 1 saturated carbocycles. The van der Waals surface area contributed by atoms with E-state index in [2.05, 4.69) is 26.1 Å². The van der Waals surface area contributed by atoms with Crippen LogP contribution in [-0.4, -0.2) is 60.5 Å². The number of ether oxygens (including phenoxy) is 2. The minimum Gasteiger partial charge on any atom is -0.493 e. The molecule has 1 aliphatic carbocycles. The van der Waals surface area contributed by atoms with Crippen molar-refractivity contribution in [3.8, 4) is 11.5 Å². The molecule has 4 amide bonds. The second-order valence-electron chi connectivity index (χ2n) is 10.6. The molecule has 2 fully saturated rings. The summed E-state index contributed by atoms with van der Waals surface area (Å²) >= 11 is 0. The SMILES string of the molecule is COc1cc2c(cc1OC)CN(C(=O)CN1C(=O)NC3(CCC(C(C)(C)C)CC3)C1=O)CC2. The van der Waals surface area contributed by atoms with Crippen molar-refractivity contribution in [2.45, 2.75) is 65.0 Å². The maximum atomic E-state index is 13.3. The summed E-state index contributed by atoms with van der Waals surface area (Å²) in [5, 5.41) is 2.93. The number of nitrogens with one attached hydrogen (secondary N) is 1. The number of nitrogens with zero attached hydrogens (tertiary/aromatic N) is 2. The number of hydrogen-bond acceptors (Lipinski definition) is 5. The zero-order valence-electron chi connectivity index (χ0n) is 20.3. The molecule has 0 unspecified atom stereocenters. The van der Waals surface area contributed by atoms with Gasteiger partial charge in [0.1, 0.15) is 12.1 Å². The standard InChI is InChI=1S/C25H35N3O5/c1-24(2,3)18-6-9-25(10-7-18)22(30)28(23(31)26-25)15-21(29)27-11-8-16-12-19(32-4)20(33-5)13-17(16)14-27/h12-13,18H,6-11,14-15H2,1-5H3,(H,26,31). The zero-order chi connectivity index (χ0) is 24.0. The van der Waals surface area contributed by atoms with Gasteiger partial charge in [0.2, 0.25) is 5.91 Å². The summed E-state index contributed by atoms with van der Waals surface area (Å²) in [5.74, 6) is 1.33. The number of methoxy groups -OCH3 is 2. The van der Waals surface area contributed by atoms with E-state index in [0.717, 1.165) is 28.9 Å². The molecule has 0 radical (unpaired) electrons. The van der Waals surface area contributed by atoms with Crippen molar-refractivity contribution in [1.29, 1.82) is 0 Å². The van der Waals surface area contributed by atoms with E-state index in [9.17, 15) is 14.4 Å². The highest BCUT2D eigenvalue weighted by atomic mass is 16.5. The van der Waals surface area contributed by atoms with Crippen LogP contribution in [0.2, 0.25) is 0 Å². The molecule has 2 aliphatic heterocycles. The Labute approximate surface area is 195 Å². The van der Waals surface area contributed by atoms with E-state index in [0.29, 0.717) is 49.8 Å². The maximum Gasteiger partial charge on any atom is 0.325 e. The molecule has 0 aromatic heterocycles. The first-order valence-electron chi connectivity index (χ1n) is 11.7. The van der Waals surface area contributed by atoms with Crippen LogP contribution in [0.25, 0.3) is 0 Å². The second-order valence-corrected chi connectivity index (χ2v) is 10.6. The summed E-state index contributed by atoms with van der Waals surface area (Å²) in [6.07, 6.45) is 3.72. The molecule has 1 aromatic rings. The fourth-order valence-corrected chi connectivity index (χ4v) is 5.47. The summed E-state index contributed by atoms with van der Waals surface area (Å²) in [6, 6.07) is 3.39. The van der Waals surface area contributed by atoms with Crippen molar-refractivity contribution < 1.29 is 23.9 Å². The maximum absolute atomic E-state index is 13.3. The van der Waals surface area contributed by atoms with E-state index in [1.165, 1.54) is 0 Å². The van der Waals surface area contributed by atoms with E-state index >= 15 is 0 Å². The fourth-order valence-electron chi connectivity index (χ4n) is 5.47. The quantitative estimate of drug-likeness (QED) is 0.702. The van der Waals surface area contributed by atoms with E-state index in [1.54, 1.807) is 19.1 Å². The molecule has 8 nitrogen and oxygen atoms in total. The summed E-state index contributed by atoms with van der Waals surface area (Å²) in [6.45, 7) is 7.38. The lowest BCUT2D eigenvalue weighted by Gasteiger charge is -2.40. The third-order valence-corrected chi connectivity index (χ3v) is 7.67. The first-order valence-corrected chi connectivity index (χ1v) is 11.7. The molecular weight excluding hydrogens is 422 g/mol. The van der Waals surface area contributed by atoms with E-state index < -0.39 is 11.6 Å². The Kier molecular flexibility index (Phi) is 6.05. The second kappa shape index (κ2) is 8.54. The molecule has 0 bridgehead atoms. The number of rotatable bonds is 4. The van der Waals surface area contributed by atoms with Crippen LogP contribution in [0.15, 0.2) is 12.1 Å². The van der Waals surface area contributed by atoms with Gasteiger partial charge in [0.25, 0.3) is 5.91 Å². The van der Waals surface area contributed by atoms with Crippen LogP contribution in [0.4, 0.5) is 4.79 Å². The van der Waals surface area contributed by atoms with Gasteiger partial charge in [-0.05, 0) is 66.7 Å². The number of carbonyl (C=O) groups is 3. The number of urea groups is 1. The van der Waals surface area contributed by atoms with Gasteiger partial charge < -0.3 is 19.7 Å². The van der Waals surface area contributed by atoms with Crippen LogP contribution in [0.5, 0.6) is 11.5 Å². The topological polar surface area (TPSA) is 88.2 Å². The summed E-state index contributed by atoms with van der Waals surface area (Å²) in [4.78, 5) is 41.9. The van der Waals surface area contributed by atoms with Crippen molar-refractivity contribution in [1.82, 2.24) is 15.1 Å². The van der Waals surface area contributed by atoms with Gasteiger partial charge >= 0.3 is 6.03 Å². The van der Waals surface area contributed by atoms with Crippen molar-refractivity contribution in [3.63, 3.8) is 0 Å². The van der Waals surface area contributed by atoms with Crippen LogP contribution in [-0.2, 0) is 22.6 Å². The van der Waals surface area contributed by atoms with Gasteiger partial charge in [0.05, 0.1) is 14.2 Å². The Bertz CT molecular complexity index is 960. The number of imide groups is 1. The third kappa shape index (κ3) is 4.27.